The van der Waals surface area contributed by atoms with E-state index in [1.54, 1.807) is 30.4 Å². The first kappa shape index (κ1) is 109. The smallest absolute Gasteiger partial charge is 0.249 e. The van der Waals surface area contributed by atoms with E-state index in [9.17, 15) is 33.6 Å². The van der Waals surface area contributed by atoms with E-state index in [4.69, 9.17) is 33.2 Å². The normalized spacial score (nSPS) is 16.8. The molecule has 7 N–H and O–H groups in total. The number of nitrogens with one attached hydrogen (secondary N) is 7. The van der Waals surface area contributed by atoms with Crippen molar-refractivity contribution in [3.8, 4) is 0 Å². The van der Waals surface area contributed by atoms with Crippen LogP contribution in [-0.4, -0.2) is 173 Å². The van der Waals surface area contributed by atoms with E-state index in [1.165, 1.54) is 51.4 Å². The monoisotopic (exact) mass is 1530 g/mol. The Morgan fingerprint density at radius 2 is 0.620 bits per heavy atom. The Morgan fingerprint density at radius 3 is 0.898 bits per heavy atom. The highest BCUT2D eigenvalue weighted by molar-refractivity contribution is 5.84. The number of hydrogen-bond donors (Lipinski definition) is 7. The molecular formula is C87H165N7O14. The van der Waals surface area contributed by atoms with E-state index in [-0.39, 0.29) is 142 Å². The second-order valence-corrected chi connectivity index (χ2v) is 34.7. The van der Waals surface area contributed by atoms with Crippen molar-refractivity contribution in [1.29, 1.82) is 0 Å². The zero-order chi connectivity index (χ0) is 84.1. The molecule has 3 aliphatic rings. The van der Waals surface area contributed by atoms with Crippen molar-refractivity contribution >= 4 is 41.4 Å². The number of hydrogen-bond acceptors (Lipinski definition) is 14. The SMILES string of the molecule is C=CCOC(C(=O)NC(C)C)C(C)(C)C.C=CCOC(C(=O)NC(C)C)C(C)C.C=CCOC(CC(C)(C)C)C(=O)NC(C)C.C=CCOC(CC1CC1C)C(=O)NC(C)C.C=CCOC(CC1CCC1)C(=O)NC(C)C.CCOC(CC(C)(C)C)C(=O)NC(C)C.CCOC(CC1CCCC1)C(=O)NC(C)C. The second-order valence-electron chi connectivity index (χ2n) is 34.7. The molecule has 3 aliphatic carbocycles. The van der Waals surface area contributed by atoms with Gasteiger partial charge in [-0.2, -0.15) is 0 Å². The summed E-state index contributed by atoms with van der Waals surface area (Å²) in [5.41, 5.74) is -0.0315. The molecule has 3 rings (SSSR count). The Hall–Kier alpha value is -5.29. The molecule has 0 aromatic carbocycles. The maximum Gasteiger partial charge on any atom is 0.249 e. The van der Waals surface area contributed by atoms with Crippen LogP contribution >= 0.6 is 0 Å². The molecule has 108 heavy (non-hydrogen) atoms. The van der Waals surface area contributed by atoms with Crippen LogP contribution in [-0.2, 0) is 66.7 Å². The van der Waals surface area contributed by atoms with Crippen molar-refractivity contribution in [2.24, 2.45) is 45.8 Å². The van der Waals surface area contributed by atoms with E-state index in [2.05, 4.69) is 119 Å². The maximum absolute atomic E-state index is 11.9. The van der Waals surface area contributed by atoms with Crippen LogP contribution in [0.1, 0.15) is 277 Å². The molecule has 0 bridgehead atoms. The minimum Gasteiger partial charge on any atom is -0.369 e. The lowest BCUT2D eigenvalue weighted by atomic mass is 9.81. The lowest BCUT2D eigenvalue weighted by molar-refractivity contribution is -0.139. The number of rotatable bonds is 42. The van der Waals surface area contributed by atoms with Crippen molar-refractivity contribution in [3.63, 3.8) is 0 Å². The summed E-state index contributed by atoms with van der Waals surface area (Å²) in [5.74, 6) is 2.90. The van der Waals surface area contributed by atoms with Crippen LogP contribution in [0.15, 0.2) is 63.3 Å². The van der Waals surface area contributed by atoms with Gasteiger partial charge in [-0.25, -0.2) is 0 Å². The second kappa shape index (κ2) is 61.3. The lowest BCUT2D eigenvalue weighted by Crippen LogP contribution is -2.46. The summed E-state index contributed by atoms with van der Waals surface area (Å²) in [4.78, 5) is 82.7. The Labute approximate surface area is 659 Å². The zero-order valence-electron chi connectivity index (χ0n) is 73.7. The predicted molar refractivity (Wildman–Crippen MR) is 446 cm³/mol. The highest BCUT2D eigenvalue weighted by atomic mass is 16.5. The molecule has 0 aliphatic heterocycles. The molecule has 21 nitrogen and oxygen atoms in total. The minimum atomic E-state index is -0.433. The van der Waals surface area contributed by atoms with Gasteiger partial charge in [0.25, 0.3) is 0 Å². The first-order chi connectivity index (χ1) is 50.1. The van der Waals surface area contributed by atoms with Gasteiger partial charge in [-0.15, -0.1) is 32.9 Å². The fraction of sp³-hybridized carbons (Fsp3) is 0.805. The van der Waals surface area contributed by atoms with Crippen molar-refractivity contribution in [3.05, 3.63) is 63.3 Å². The average molecular weight is 1530 g/mol. The van der Waals surface area contributed by atoms with Gasteiger partial charge in [0.1, 0.15) is 42.7 Å². The van der Waals surface area contributed by atoms with E-state index in [0.717, 1.165) is 31.6 Å². The summed E-state index contributed by atoms with van der Waals surface area (Å²) in [6, 6.07) is 1.12. The number of carbonyl (C=O) groups excluding carboxylic acids is 7. The molecule has 3 saturated carbocycles. The molecule has 3 fully saturated rings. The van der Waals surface area contributed by atoms with Crippen molar-refractivity contribution < 1.29 is 66.7 Å². The third-order valence-electron chi connectivity index (χ3n) is 16.3. The van der Waals surface area contributed by atoms with Crippen LogP contribution in [0.2, 0.25) is 0 Å². The van der Waals surface area contributed by atoms with Crippen LogP contribution in [0.5, 0.6) is 0 Å². The summed E-state index contributed by atoms with van der Waals surface area (Å²) in [7, 11) is 0. The van der Waals surface area contributed by atoms with Crippen LogP contribution in [0.25, 0.3) is 0 Å². The van der Waals surface area contributed by atoms with Gasteiger partial charge in [0.15, 0.2) is 0 Å². The summed E-state index contributed by atoms with van der Waals surface area (Å²) in [6.07, 6.45) is 20.2. The number of ether oxygens (including phenoxy) is 7. The largest absolute Gasteiger partial charge is 0.369 e. The van der Waals surface area contributed by atoms with Crippen LogP contribution < -0.4 is 37.2 Å². The maximum atomic E-state index is 11.9. The third-order valence-corrected chi connectivity index (χ3v) is 16.3. The van der Waals surface area contributed by atoms with Gasteiger partial charge in [0.05, 0.1) is 33.0 Å². The fourth-order valence-electron chi connectivity index (χ4n) is 11.1. The van der Waals surface area contributed by atoms with E-state index in [0.29, 0.717) is 70.4 Å². The van der Waals surface area contributed by atoms with Crippen LogP contribution in [0.4, 0.5) is 0 Å². The van der Waals surface area contributed by atoms with Crippen LogP contribution in [0.3, 0.4) is 0 Å². The van der Waals surface area contributed by atoms with Crippen molar-refractivity contribution in [1.82, 2.24) is 37.2 Å². The molecular weight excluding hydrogens is 1370 g/mol. The standard InChI is InChI=1S/C13H23NO2.C13H25NO2.C13H23NO2.C13H25NO2.C12H25NO2.C12H23NO2.C11H21NO2/c1-5-6-16-12(8-11-7-10(11)4)13(15)14-9(2)3;1-4-16-12(13(15)14-10(2)3)9-11-7-5-6-8-11;1-4-8-16-12(9-11-6-5-7-11)13(15)14-10(2)3;1-7-8-16-11(9-13(4,5)6)12(15)14-10(2)3;1-7-15-10(8-12(4,5)6)11(14)13-9(2)3;1-7-8-15-10(12(4,5)6)11(14)13-9(2)3;1-6-7-14-10(8(2)3)11(13)12-9(4)5/h5,9-12H,1,6-8H2,2-4H3,(H,14,15);10-12H,4-9H2,1-3H3,(H,14,15);4,10-12H,1,5-9H2,2-3H3,(H,14,15);7,10-11H,1,8-9H2,2-6H3,(H,14,15);9-10H,7-8H2,1-6H3,(H,13,14);7,9-10H,1,8H2,2-6H3,(H,13,14);6,8-10H,1,7H2,2-5H3,(H,12,13). The predicted octanol–water partition coefficient (Wildman–Crippen LogP) is 15.6. The molecule has 0 heterocycles. The van der Waals surface area contributed by atoms with E-state index < -0.39 is 6.10 Å². The first-order valence-electron chi connectivity index (χ1n) is 40.6. The van der Waals surface area contributed by atoms with Gasteiger partial charge in [0.2, 0.25) is 41.4 Å². The van der Waals surface area contributed by atoms with Gasteiger partial charge in [0, 0.05) is 55.5 Å². The van der Waals surface area contributed by atoms with Crippen LogP contribution in [0, 0.1) is 45.8 Å². The van der Waals surface area contributed by atoms with Gasteiger partial charge >= 0.3 is 0 Å². The van der Waals surface area contributed by atoms with E-state index >= 15 is 0 Å². The fourth-order valence-corrected chi connectivity index (χ4v) is 11.1. The van der Waals surface area contributed by atoms with Crippen molar-refractivity contribution in [2.45, 2.75) is 362 Å². The molecule has 9 unspecified atom stereocenters. The summed E-state index contributed by atoms with van der Waals surface area (Å²) >= 11 is 0. The Kier molecular flexibility index (Phi) is 61.9. The summed E-state index contributed by atoms with van der Waals surface area (Å²) in [5, 5.41) is 20.2. The number of carbonyl (C=O) groups is 7. The van der Waals surface area contributed by atoms with Gasteiger partial charge in [-0.1, -0.05) is 158 Å². The Morgan fingerprint density at radius 1 is 0.361 bits per heavy atom. The average Bonchev–Trinajstić information content (AvgIpc) is 1.72. The Bertz CT molecular complexity index is 2410. The minimum absolute atomic E-state index is 0.00164. The highest BCUT2D eigenvalue weighted by Gasteiger charge is 2.38. The molecule has 0 radical (unpaired) electrons. The molecule has 7 amide bonds. The van der Waals surface area contributed by atoms with Gasteiger partial charge in [-0.3, -0.25) is 33.6 Å². The Balaban J connectivity index is -0.000000585. The molecule has 0 saturated heterocycles. The topological polar surface area (TPSA) is 268 Å². The third kappa shape index (κ3) is 61.4. The summed E-state index contributed by atoms with van der Waals surface area (Å²) < 4.78 is 38.4. The van der Waals surface area contributed by atoms with Gasteiger partial charge in [-0.05, 0) is 195 Å². The highest BCUT2D eigenvalue weighted by Crippen LogP contribution is 2.42. The lowest BCUT2D eigenvalue weighted by Gasteiger charge is -2.29. The van der Waals surface area contributed by atoms with Gasteiger partial charge < -0.3 is 70.4 Å². The zero-order valence-corrected chi connectivity index (χ0v) is 73.7. The molecule has 632 valence electrons. The number of amides is 7. The molecule has 0 aromatic heterocycles. The van der Waals surface area contributed by atoms with Crippen molar-refractivity contribution in [2.75, 3.05) is 46.2 Å². The molecule has 9 atom stereocenters. The van der Waals surface area contributed by atoms with E-state index in [1.807, 2.05) is 145 Å². The molecule has 21 heteroatoms. The first-order valence-corrected chi connectivity index (χ1v) is 40.6. The molecule has 0 aromatic rings. The quantitative estimate of drug-likeness (QED) is 0.0280. The summed E-state index contributed by atoms with van der Waals surface area (Å²) in [6.45, 7) is 77.2. The molecule has 0 spiro atoms.